The minimum Gasteiger partial charge on any atom is -0.366 e. The van der Waals surface area contributed by atoms with Crippen LogP contribution in [0.2, 0.25) is 0 Å². The SMILES string of the molecule is CCN1c2cc(C)c(/C=C3\C(=O)NC(=O)N(c4ccccc4C)C3=O)cc2[C@@H](C)CC1(C)C. The third-order valence-electron chi connectivity index (χ3n) is 6.85. The van der Waals surface area contributed by atoms with E-state index in [2.05, 4.69) is 50.0 Å². The van der Waals surface area contributed by atoms with Gasteiger partial charge >= 0.3 is 6.03 Å². The fraction of sp³-hybridized carbons (Fsp3) is 0.370. The molecule has 4 rings (SSSR count). The molecule has 1 N–H and O–H groups in total. The molecule has 1 fully saturated rings. The van der Waals surface area contributed by atoms with Crippen LogP contribution in [0, 0.1) is 13.8 Å². The Morgan fingerprint density at radius 3 is 2.42 bits per heavy atom. The maximum Gasteiger partial charge on any atom is 0.335 e. The molecule has 0 aromatic heterocycles. The zero-order valence-corrected chi connectivity index (χ0v) is 20.2. The maximum atomic E-state index is 13.3. The highest BCUT2D eigenvalue weighted by Crippen LogP contribution is 2.44. The summed E-state index contributed by atoms with van der Waals surface area (Å²) in [6.07, 6.45) is 2.63. The van der Waals surface area contributed by atoms with Gasteiger partial charge in [0.1, 0.15) is 5.57 Å². The molecule has 0 radical (unpaired) electrons. The molecule has 0 aliphatic carbocycles. The summed E-state index contributed by atoms with van der Waals surface area (Å²) in [5, 5.41) is 2.32. The minimum absolute atomic E-state index is 0.0444. The molecule has 172 valence electrons. The number of fused-ring (bicyclic) bond motifs is 1. The Bertz CT molecular complexity index is 1200. The normalized spacial score (nSPS) is 21.3. The lowest BCUT2D eigenvalue weighted by atomic mass is 9.79. The number of imide groups is 2. The molecule has 6 nitrogen and oxygen atoms in total. The second kappa shape index (κ2) is 8.18. The van der Waals surface area contributed by atoms with Crippen molar-refractivity contribution in [2.45, 2.75) is 59.4 Å². The highest BCUT2D eigenvalue weighted by atomic mass is 16.2. The van der Waals surface area contributed by atoms with E-state index in [4.69, 9.17) is 0 Å². The number of anilines is 2. The van der Waals surface area contributed by atoms with Crippen LogP contribution in [0.3, 0.4) is 0 Å². The van der Waals surface area contributed by atoms with Gasteiger partial charge in [-0.05, 0) is 93.5 Å². The highest BCUT2D eigenvalue weighted by Gasteiger charge is 2.38. The third-order valence-corrected chi connectivity index (χ3v) is 6.85. The van der Waals surface area contributed by atoms with Crippen LogP contribution < -0.4 is 15.1 Å². The molecule has 2 aliphatic heterocycles. The van der Waals surface area contributed by atoms with Gasteiger partial charge in [0.05, 0.1) is 5.69 Å². The maximum absolute atomic E-state index is 13.3. The number of carbonyl (C=O) groups excluding carboxylic acids is 3. The van der Waals surface area contributed by atoms with Crippen LogP contribution in [0.4, 0.5) is 16.2 Å². The quantitative estimate of drug-likeness (QED) is 0.528. The number of nitrogens with zero attached hydrogens (tertiary/aromatic N) is 2. The van der Waals surface area contributed by atoms with Gasteiger partial charge < -0.3 is 4.90 Å². The first-order valence-electron chi connectivity index (χ1n) is 11.4. The second-order valence-electron chi connectivity index (χ2n) is 9.67. The molecule has 6 heteroatoms. The highest BCUT2D eigenvalue weighted by molar-refractivity contribution is 6.39. The van der Waals surface area contributed by atoms with Crippen molar-refractivity contribution in [3.8, 4) is 0 Å². The Morgan fingerprint density at radius 1 is 1.06 bits per heavy atom. The number of nitrogens with one attached hydrogen (secondary N) is 1. The van der Waals surface area contributed by atoms with Crippen molar-refractivity contribution in [1.82, 2.24) is 5.32 Å². The first-order valence-corrected chi connectivity index (χ1v) is 11.4. The van der Waals surface area contributed by atoms with E-state index in [9.17, 15) is 14.4 Å². The van der Waals surface area contributed by atoms with E-state index in [1.165, 1.54) is 11.3 Å². The van der Waals surface area contributed by atoms with Gasteiger partial charge in [-0.2, -0.15) is 0 Å². The lowest BCUT2D eigenvalue weighted by Gasteiger charge is -2.47. The topological polar surface area (TPSA) is 69.7 Å². The van der Waals surface area contributed by atoms with E-state index < -0.39 is 17.8 Å². The van der Waals surface area contributed by atoms with Crippen molar-refractivity contribution in [1.29, 1.82) is 0 Å². The number of hydrogen-bond donors (Lipinski definition) is 1. The van der Waals surface area contributed by atoms with Gasteiger partial charge in [-0.3, -0.25) is 14.9 Å². The van der Waals surface area contributed by atoms with E-state index >= 15 is 0 Å². The lowest BCUT2D eigenvalue weighted by Crippen LogP contribution is -2.54. The smallest absolute Gasteiger partial charge is 0.335 e. The summed E-state index contributed by atoms with van der Waals surface area (Å²) in [6, 6.07) is 10.6. The van der Waals surface area contributed by atoms with E-state index in [-0.39, 0.29) is 11.1 Å². The summed E-state index contributed by atoms with van der Waals surface area (Å²) in [5.41, 5.74) is 5.46. The van der Waals surface area contributed by atoms with Gasteiger partial charge in [-0.15, -0.1) is 0 Å². The summed E-state index contributed by atoms with van der Waals surface area (Å²) in [4.78, 5) is 42.0. The number of rotatable bonds is 3. The molecule has 2 aliphatic rings. The van der Waals surface area contributed by atoms with Crippen LogP contribution >= 0.6 is 0 Å². The van der Waals surface area contributed by atoms with Crippen molar-refractivity contribution >= 4 is 35.3 Å². The average molecular weight is 446 g/mol. The summed E-state index contributed by atoms with van der Waals surface area (Å²) < 4.78 is 0. The fourth-order valence-electron chi connectivity index (χ4n) is 5.25. The van der Waals surface area contributed by atoms with Gasteiger partial charge in [0.15, 0.2) is 0 Å². The molecule has 2 aromatic rings. The Kier molecular flexibility index (Phi) is 5.64. The number of benzene rings is 2. The molecule has 1 atom stereocenters. The predicted molar refractivity (Wildman–Crippen MR) is 131 cm³/mol. The zero-order valence-electron chi connectivity index (χ0n) is 20.2. The van der Waals surface area contributed by atoms with E-state index in [0.717, 1.165) is 34.6 Å². The average Bonchev–Trinajstić information content (AvgIpc) is 2.72. The van der Waals surface area contributed by atoms with Crippen molar-refractivity contribution < 1.29 is 14.4 Å². The number of amides is 4. The summed E-state index contributed by atoms with van der Waals surface area (Å²) >= 11 is 0. The Labute approximate surface area is 195 Å². The number of para-hydroxylation sites is 1. The van der Waals surface area contributed by atoms with Gasteiger partial charge in [-0.1, -0.05) is 25.1 Å². The fourth-order valence-corrected chi connectivity index (χ4v) is 5.25. The van der Waals surface area contributed by atoms with Crippen LogP contribution in [0.5, 0.6) is 0 Å². The van der Waals surface area contributed by atoms with Crippen LogP contribution in [-0.2, 0) is 9.59 Å². The molecule has 2 aromatic carbocycles. The number of aryl methyl sites for hydroxylation is 2. The second-order valence-corrected chi connectivity index (χ2v) is 9.67. The van der Waals surface area contributed by atoms with Crippen LogP contribution in [0.15, 0.2) is 42.0 Å². The van der Waals surface area contributed by atoms with Crippen molar-refractivity contribution in [2.24, 2.45) is 0 Å². The summed E-state index contributed by atoms with van der Waals surface area (Å²) in [7, 11) is 0. The Hall–Kier alpha value is -3.41. The van der Waals surface area contributed by atoms with E-state index in [1.54, 1.807) is 18.2 Å². The van der Waals surface area contributed by atoms with Crippen molar-refractivity contribution in [2.75, 3.05) is 16.3 Å². The first kappa shape index (κ1) is 22.8. The summed E-state index contributed by atoms with van der Waals surface area (Å²) in [5.74, 6) is -0.938. The van der Waals surface area contributed by atoms with Crippen LogP contribution in [-0.4, -0.2) is 29.9 Å². The molecule has 0 bridgehead atoms. The summed E-state index contributed by atoms with van der Waals surface area (Å²) in [6.45, 7) is 13.6. The van der Waals surface area contributed by atoms with Gasteiger partial charge in [-0.25, -0.2) is 9.69 Å². The lowest BCUT2D eigenvalue weighted by molar-refractivity contribution is -0.122. The Balaban J connectivity index is 1.79. The van der Waals surface area contributed by atoms with Crippen LogP contribution in [0.25, 0.3) is 6.08 Å². The minimum atomic E-state index is -0.729. The van der Waals surface area contributed by atoms with Crippen molar-refractivity contribution in [3.63, 3.8) is 0 Å². The molecule has 4 amide bonds. The molecule has 0 spiro atoms. The molecule has 2 heterocycles. The first-order chi connectivity index (χ1) is 15.5. The molecule has 1 saturated heterocycles. The molecule has 33 heavy (non-hydrogen) atoms. The molecular weight excluding hydrogens is 414 g/mol. The van der Waals surface area contributed by atoms with Crippen LogP contribution in [0.1, 0.15) is 62.3 Å². The number of carbonyl (C=O) groups is 3. The van der Waals surface area contributed by atoms with Gasteiger partial charge in [0.2, 0.25) is 0 Å². The largest absolute Gasteiger partial charge is 0.366 e. The number of barbiturate groups is 1. The monoisotopic (exact) mass is 445 g/mol. The molecule has 0 saturated carbocycles. The standard InChI is InChI=1S/C27H31N3O3/c1-7-29-23-12-17(3)19(13-20(23)18(4)15-27(29,5)6)14-21-24(31)28-26(33)30(25(21)32)22-11-9-8-10-16(22)2/h8-14,18H,7,15H2,1-6H3,(H,28,31,33)/b21-14+/t18-/m0/s1. The van der Waals surface area contributed by atoms with Gasteiger partial charge in [0, 0.05) is 17.8 Å². The molecule has 0 unspecified atom stereocenters. The zero-order chi connectivity index (χ0) is 24.1. The van der Waals surface area contributed by atoms with E-state index in [1.807, 2.05) is 26.0 Å². The van der Waals surface area contributed by atoms with Gasteiger partial charge in [0.25, 0.3) is 11.8 Å². The predicted octanol–water partition coefficient (Wildman–Crippen LogP) is 5.08. The third kappa shape index (κ3) is 3.84. The molecular formula is C27H31N3O3. The Morgan fingerprint density at radius 2 is 1.76 bits per heavy atom. The number of urea groups is 1. The van der Waals surface area contributed by atoms with Crippen molar-refractivity contribution in [3.05, 3.63) is 64.2 Å². The van der Waals surface area contributed by atoms with E-state index in [0.29, 0.717) is 11.6 Å². The number of hydrogen-bond acceptors (Lipinski definition) is 4.